The van der Waals surface area contributed by atoms with Crippen molar-refractivity contribution in [1.82, 2.24) is 18.7 Å². The highest BCUT2D eigenvalue weighted by atomic mass is 35.5. The second-order valence-corrected chi connectivity index (χ2v) is 5.64. The van der Waals surface area contributed by atoms with Crippen LogP contribution in [0.25, 0.3) is 11.2 Å². The Morgan fingerprint density at radius 3 is 2.65 bits per heavy atom. The van der Waals surface area contributed by atoms with E-state index in [9.17, 15) is 9.59 Å². The highest BCUT2D eigenvalue weighted by Crippen LogP contribution is 2.24. The van der Waals surface area contributed by atoms with Gasteiger partial charge < -0.3 is 9.30 Å². The van der Waals surface area contributed by atoms with Crippen LogP contribution < -0.4 is 16.0 Å². The maximum Gasteiger partial charge on any atom is 0.332 e. The van der Waals surface area contributed by atoms with Crippen LogP contribution in [0, 0.1) is 0 Å². The first-order valence-electron chi connectivity index (χ1n) is 6.87. The van der Waals surface area contributed by atoms with Gasteiger partial charge in [-0.3, -0.25) is 13.9 Å². The van der Waals surface area contributed by atoms with Gasteiger partial charge in [0.2, 0.25) is 0 Å². The lowest BCUT2D eigenvalue weighted by Gasteiger charge is -2.11. The van der Waals surface area contributed by atoms with Gasteiger partial charge in [0, 0.05) is 24.7 Å². The van der Waals surface area contributed by atoms with E-state index < -0.39 is 5.69 Å². The molecule has 7 nitrogen and oxygen atoms in total. The number of methoxy groups -OCH3 is 1. The number of imidazole rings is 1. The van der Waals surface area contributed by atoms with Gasteiger partial charge in [-0.15, -0.1) is 0 Å². The SMILES string of the molecule is COc1ccc(Cl)cc1Cn1cnc2c1c(=O)n(C)c(=O)n2C. The van der Waals surface area contributed by atoms with E-state index in [-0.39, 0.29) is 5.56 Å². The number of rotatable bonds is 3. The van der Waals surface area contributed by atoms with Gasteiger partial charge in [0.25, 0.3) is 5.56 Å². The molecule has 2 aromatic heterocycles. The Morgan fingerprint density at radius 2 is 1.96 bits per heavy atom. The fourth-order valence-electron chi connectivity index (χ4n) is 2.57. The Morgan fingerprint density at radius 1 is 1.22 bits per heavy atom. The minimum Gasteiger partial charge on any atom is -0.496 e. The molecule has 0 radical (unpaired) electrons. The molecule has 3 rings (SSSR count). The zero-order valence-electron chi connectivity index (χ0n) is 12.9. The van der Waals surface area contributed by atoms with Crippen molar-refractivity contribution in [2.45, 2.75) is 6.54 Å². The lowest BCUT2D eigenvalue weighted by molar-refractivity contribution is 0.408. The lowest BCUT2D eigenvalue weighted by atomic mass is 10.2. The molecule has 0 aliphatic rings. The van der Waals surface area contributed by atoms with Crippen molar-refractivity contribution >= 4 is 22.8 Å². The predicted molar refractivity (Wildman–Crippen MR) is 87.3 cm³/mol. The third-order valence-electron chi connectivity index (χ3n) is 3.80. The van der Waals surface area contributed by atoms with E-state index in [1.165, 1.54) is 17.9 Å². The molecule has 2 heterocycles. The molecule has 8 heteroatoms. The first-order valence-corrected chi connectivity index (χ1v) is 7.25. The van der Waals surface area contributed by atoms with Crippen molar-refractivity contribution in [3.05, 3.63) is 56.0 Å². The second kappa shape index (κ2) is 5.58. The van der Waals surface area contributed by atoms with Crippen LogP contribution >= 0.6 is 11.6 Å². The normalized spacial score (nSPS) is 11.1. The van der Waals surface area contributed by atoms with Gasteiger partial charge in [-0.05, 0) is 18.2 Å². The Kier molecular flexibility index (Phi) is 3.73. The number of benzene rings is 1. The molecule has 0 unspecified atom stereocenters. The molecular weight excluding hydrogens is 320 g/mol. The summed E-state index contributed by atoms with van der Waals surface area (Å²) in [5, 5.41) is 0.575. The zero-order chi connectivity index (χ0) is 16.7. The van der Waals surface area contributed by atoms with Gasteiger partial charge in [0.05, 0.1) is 20.0 Å². The highest BCUT2D eigenvalue weighted by molar-refractivity contribution is 6.30. The second-order valence-electron chi connectivity index (χ2n) is 5.21. The molecule has 0 spiro atoms. The summed E-state index contributed by atoms with van der Waals surface area (Å²) < 4.78 is 9.43. The maximum absolute atomic E-state index is 12.4. The van der Waals surface area contributed by atoms with Crippen molar-refractivity contribution in [1.29, 1.82) is 0 Å². The third kappa shape index (κ3) is 2.43. The van der Waals surface area contributed by atoms with E-state index in [2.05, 4.69) is 4.98 Å². The van der Waals surface area contributed by atoms with Crippen LogP contribution in [-0.2, 0) is 20.6 Å². The van der Waals surface area contributed by atoms with E-state index in [0.29, 0.717) is 28.5 Å². The number of hydrogen-bond donors (Lipinski definition) is 0. The van der Waals surface area contributed by atoms with E-state index in [1.54, 1.807) is 36.9 Å². The van der Waals surface area contributed by atoms with Gasteiger partial charge in [0.1, 0.15) is 5.75 Å². The summed E-state index contributed by atoms with van der Waals surface area (Å²) in [6, 6.07) is 5.28. The van der Waals surface area contributed by atoms with Crippen LogP contribution in [-0.4, -0.2) is 25.8 Å². The van der Waals surface area contributed by atoms with Crippen LogP contribution in [0.4, 0.5) is 0 Å². The topological polar surface area (TPSA) is 71.1 Å². The van der Waals surface area contributed by atoms with Crippen molar-refractivity contribution < 1.29 is 4.74 Å². The molecule has 0 amide bonds. The number of fused-ring (bicyclic) bond motifs is 1. The molecule has 0 aliphatic heterocycles. The largest absolute Gasteiger partial charge is 0.496 e. The molecule has 0 atom stereocenters. The quantitative estimate of drug-likeness (QED) is 0.720. The zero-order valence-corrected chi connectivity index (χ0v) is 13.7. The average molecular weight is 335 g/mol. The van der Waals surface area contributed by atoms with E-state index in [0.717, 1.165) is 10.1 Å². The van der Waals surface area contributed by atoms with Crippen LogP contribution in [0.15, 0.2) is 34.1 Å². The molecular formula is C15H15ClN4O3. The van der Waals surface area contributed by atoms with Gasteiger partial charge in [0.15, 0.2) is 11.2 Å². The predicted octanol–water partition coefficient (Wildman–Crippen LogP) is 1.14. The minimum atomic E-state index is -0.409. The van der Waals surface area contributed by atoms with Crippen molar-refractivity contribution in [3.63, 3.8) is 0 Å². The summed E-state index contributed by atoms with van der Waals surface area (Å²) in [7, 11) is 4.60. The van der Waals surface area contributed by atoms with E-state index in [4.69, 9.17) is 16.3 Å². The molecule has 120 valence electrons. The molecule has 0 fully saturated rings. The molecule has 0 bridgehead atoms. The number of aryl methyl sites for hydroxylation is 1. The average Bonchev–Trinajstić information content (AvgIpc) is 2.95. The number of halogens is 1. The van der Waals surface area contributed by atoms with Gasteiger partial charge in [-0.25, -0.2) is 9.78 Å². The summed E-state index contributed by atoms with van der Waals surface area (Å²) in [5.41, 5.74) is 0.723. The van der Waals surface area contributed by atoms with Gasteiger partial charge in [-0.1, -0.05) is 11.6 Å². The lowest BCUT2D eigenvalue weighted by Crippen LogP contribution is -2.37. The van der Waals surface area contributed by atoms with Gasteiger partial charge >= 0.3 is 5.69 Å². The van der Waals surface area contributed by atoms with Crippen molar-refractivity contribution in [2.75, 3.05) is 7.11 Å². The number of nitrogens with zero attached hydrogens (tertiary/aromatic N) is 4. The third-order valence-corrected chi connectivity index (χ3v) is 4.04. The van der Waals surface area contributed by atoms with E-state index in [1.807, 2.05) is 0 Å². The van der Waals surface area contributed by atoms with Crippen LogP contribution in [0.3, 0.4) is 0 Å². The van der Waals surface area contributed by atoms with Crippen LogP contribution in [0.2, 0.25) is 5.02 Å². The summed E-state index contributed by atoms with van der Waals surface area (Å²) in [4.78, 5) is 28.6. The Hall–Kier alpha value is -2.54. The first-order chi connectivity index (χ1) is 10.9. The number of aromatic nitrogens is 4. The van der Waals surface area contributed by atoms with Crippen LogP contribution in [0.1, 0.15) is 5.56 Å². The molecule has 0 saturated heterocycles. The summed E-state index contributed by atoms with van der Waals surface area (Å²) in [5.74, 6) is 0.665. The number of ether oxygens (including phenoxy) is 1. The molecule has 23 heavy (non-hydrogen) atoms. The van der Waals surface area contributed by atoms with E-state index >= 15 is 0 Å². The Bertz CT molecular complexity index is 1020. The summed E-state index contributed by atoms with van der Waals surface area (Å²) in [6.07, 6.45) is 1.53. The Balaban J connectivity index is 2.22. The van der Waals surface area contributed by atoms with Crippen molar-refractivity contribution in [2.24, 2.45) is 14.1 Å². The van der Waals surface area contributed by atoms with Crippen LogP contribution in [0.5, 0.6) is 5.75 Å². The molecule has 0 aliphatic carbocycles. The molecule has 1 aromatic carbocycles. The summed E-state index contributed by atoms with van der Waals surface area (Å²) >= 11 is 6.04. The maximum atomic E-state index is 12.4. The monoisotopic (exact) mass is 334 g/mol. The summed E-state index contributed by atoms with van der Waals surface area (Å²) in [6.45, 7) is 0.355. The fraction of sp³-hybridized carbons (Fsp3) is 0.267. The van der Waals surface area contributed by atoms with Crippen molar-refractivity contribution in [3.8, 4) is 5.75 Å². The molecule has 0 saturated carbocycles. The Labute approximate surface area is 136 Å². The molecule has 0 N–H and O–H groups in total. The van der Waals surface area contributed by atoms with Gasteiger partial charge in [-0.2, -0.15) is 0 Å². The fourth-order valence-corrected chi connectivity index (χ4v) is 2.77. The molecule has 3 aromatic rings. The highest BCUT2D eigenvalue weighted by Gasteiger charge is 2.15. The number of hydrogen-bond acceptors (Lipinski definition) is 4. The smallest absolute Gasteiger partial charge is 0.332 e. The minimum absolute atomic E-state index is 0.346. The standard InChI is InChI=1S/C15H15ClN4O3/c1-18-13-12(14(21)19(2)15(18)22)20(8-17-13)7-9-6-10(16)4-5-11(9)23-3/h4-6,8H,7H2,1-3H3. The first kappa shape index (κ1) is 15.4.